The molecule has 0 saturated carbocycles. The molecule has 5 heteroatoms. The average Bonchev–Trinajstić information content (AvgIpc) is 2.54. The molecule has 1 atom stereocenters. The van der Waals surface area contributed by atoms with Gasteiger partial charge in [-0.15, -0.1) is 11.8 Å². The van der Waals surface area contributed by atoms with Crippen molar-refractivity contribution in [3.05, 3.63) is 23.8 Å². The lowest BCUT2D eigenvalue weighted by atomic mass is 10.2. The number of fused-ring (bicyclic) bond motifs is 1. The van der Waals surface area contributed by atoms with Crippen molar-refractivity contribution in [3.8, 4) is 0 Å². The van der Waals surface area contributed by atoms with Gasteiger partial charge in [0, 0.05) is 17.6 Å². The maximum Gasteiger partial charge on any atom is 0.316 e. The van der Waals surface area contributed by atoms with E-state index in [4.69, 9.17) is 5.11 Å². The number of likely N-dealkylation sites (N-methyl/N-ethyl adjacent to an activating group) is 1. The van der Waals surface area contributed by atoms with Crippen LogP contribution in [0.15, 0.2) is 23.1 Å². The van der Waals surface area contributed by atoms with Gasteiger partial charge in [-0.05, 0) is 30.7 Å². The smallest absolute Gasteiger partial charge is 0.316 e. The second-order valence-corrected chi connectivity index (χ2v) is 5.43. The quantitative estimate of drug-likeness (QED) is 0.832. The molecule has 1 heterocycles. The van der Waals surface area contributed by atoms with Gasteiger partial charge in [0.1, 0.15) is 5.25 Å². The van der Waals surface area contributed by atoms with Gasteiger partial charge in [-0.2, -0.15) is 0 Å². The number of thioether (sulfide) groups is 1. The molecule has 0 bridgehead atoms. The molecule has 1 aromatic rings. The molecule has 1 aliphatic rings. The minimum Gasteiger partial charge on any atom is -0.480 e. The number of carbonyl (C=O) groups excluding carboxylic acids is 1. The molecule has 1 unspecified atom stereocenters. The highest BCUT2D eigenvalue weighted by atomic mass is 32.2. The van der Waals surface area contributed by atoms with Gasteiger partial charge in [-0.25, -0.2) is 0 Å². The Labute approximate surface area is 104 Å². The van der Waals surface area contributed by atoms with Gasteiger partial charge < -0.3 is 10.0 Å². The van der Waals surface area contributed by atoms with E-state index < -0.39 is 11.2 Å². The van der Waals surface area contributed by atoms with E-state index in [9.17, 15) is 9.59 Å². The van der Waals surface area contributed by atoms with Crippen LogP contribution < -0.4 is 4.90 Å². The van der Waals surface area contributed by atoms with Crippen LogP contribution in [0.4, 0.5) is 5.69 Å². The number of aliphatic carboxylic acids is 1. The average molecular weight is 251 g/mol. The van der Waals surface area contributed by atoms with Crippen molar-refractivity contribution in [3.63, 3.8) is 0 Å². The number of carboxylic acid groups (broad SMARTS) is 1. The first-order chi connectivity index (χ1) is 7.99. The van der Waals surface area contributed by atoms with Gasteiger partial charge in [0.25, 0.3) is 0 Å². The normalized spacial score (nSPS) is 15.9. The van der Waals surface area contributed by atoms with Crippen LogP contribution in [0.25, 0.3) is 0 Å². The third kappa shape index (κ3) is 2.29. The number of benzene rings is 1. The summed E-state index contributed by atoms with van der Waals surface area (Å²) in [5.74, 6) is -0.753. The zero-order valence-corrected chi connectivity index (χ0v) is 10.5. The molecule has 0 aromatic heterocycles. The van der Waals surface area contributed by atoms with Gasteiger partial charge in [-0.1, -0.05) is 0 Å². The Balaban J connectivity index is 2.21. The minimum absolute atomic E-state index is 0.0773. The summed E-state index contributed by atoms with van der Waals surface area (Å²) in [6.45, 7) is 1.65. The van der Waals surface area contributed by atoms with Gasteiger partial charge in [-0.3, -0.25) is 9.59 Å². The van der Waals surface area contributed by atoms with E-state index in [1.807, 2.05) is 18.2 Å². The first-order valence-corrected chi connectivity index (χ1v) is 6.16. The second-order valence-electron chi connectivity index (χ2n) is 4.02. The van der Waals surface area contributed by atoms with Crippen molar-refractivity contribution in [1.29, 1.82) is 0 Å². The minimum atomic E-state index is -0.830. The van der Waals surface area contributed by atoms with Crippen LogP contribution in [-0.4, -0.2) is 29.3 Å². The van der Waals surface area contributed by atoms with E-state index >= 15 is 0 Å². The molecule has 0 fully saturated rings. The van der Waals surface area contributed by atoms with E-state index in [-0.39, 0.29) is 5.91 Å². The number of amides is 1. The fourth-order valence-corrected chi connectivity index (χ4v) is 2.64. The Morgan fingerprint density at radius 1 is 1.53 bits per heavy atom. The summed E-state index contributed by atoms with van der Waals surface area (Å²) >= 11 is 1.29. The standard InChI is InChI=1S/C12H13NO3S/c1-7(12(15)16)17-9-3-4-10-8(5-9)6-11(14)13(10)2/h3-5,7H,6H2,1-2H3,(H,15,16). The summed E-state index contributed by atoms with van der Waals surface area (Å²) in [6, 6.07) is 5.63. The zero-order valence-electron chi connectivity index (χ0n) is 9.64. The summed E-state index contributed by atoms with van der Waals surface area (Å²) in [4.78, 5) is 24.8. The molecule has 4 nitrogen and oxygen atoms in total. The molecule has 2 rings (SSSR count). The molecule has 90 valence electrons. The second kappa shape index (κ2) is 4.41. The molecule has 0 spiro atoms. The highest BCUT2D eigenvalue weighted by molar-refractivity contribution is 8.00. The van der Waals surface area contributed by atoms with Crippen LogP contribution in [0.1, 0.15) is 12.5 Å². The summed E-state index contributed by atoms with van der Waals surface area (Å²) < 4.78 is 0. The number of carbonyl (C=O) groups is 2. The first-order valence-electron chi connectivity index (χ1n) is 5.28. The first kappa shape index (κ1) is 12.0. The molecule has 0 radical (unpaired) electrons. The fraction of sp³-hybridized carbons (Fsp3) is 0.333. The van der Waals surface area contributed by atoms with Crippen LogP contribution in [0.5, 0.6) is 0 Å². The van der Waals surface area contributed by atoms with E-state index in [1.165, 1.54) is 11.8 Å². The Bertz CT molecular complexity index is 487. The highest BCUT2D eigenvalue weighted by Crippen LogP contribution is 2.33. The molecule has 1 amide bonds. The molecule has 1 N–H and O–H groups in total. The number of rotatable bonds is 3. The third-order valence-electron chi connectivity index (χ3n) is 2.79. The van der Waals surface area contributed by atoms with Crippen molar-refractivity contribution < 1.29 is 14.7 Å². The number of carboxylic acids is 1. The summed E-state index contributed by atoms with van der Waals surface area (Å²) in [6.07, 6.45) is 0.404. The lowest BCUT2D eigenvalue weighted by Crippen LogP contribution is -2.20. The number of nitrogens with zero attached hydrogens (tertiary/aromatic N) is 1. The van der Waals surface area contributed by atoms with Crippen molar-refractivity contribution >= 4 is 29.3 Å². The Morgan fingerprint density at radius 2 is 2.24 bits per heavy atom. The largest absolute Gasteiger partial charge is 0.480 e. The maximum atomic E-state index is 11.5. The number of hydrogen-bond acceptors (Lipinski definition) is 3. The summed E-state index contributed by atoms with van der Waals surface area (Å²) in [7, 11) is 1.75. The van der Waals surface area contributed by atoms with Crippen molar-refractivity contribution in [2.75, 3.05) is 11.9 Å². The van der Waals surface area contributed by atoms with Crippen LogP contribution in [0, 0.1) is 0 Å². The van der Waals surface area contributed by atoms with E-state index in [2.05, 4.69) is 0 Å². The van der Waals surface area contributed by atoms with E-state index in [1.54, 1.807) is 18.9 Å². The summed E-state index contributed by atoms with van der Waals surface area (Å²) in [5, 5.41) is 8.35. The zero-order chi connectivity index (χ0) is 12.6. The molecular weight excluding hydrogens is 238 g/mol. The summed E-state index contributed by atoms with van der Waals surface area (Å²) in [5.41, 5.74) is 1.89. The monoisotopic (exact) mass is 251 g/mol. The van der Waals surface area contributed by atoms with Crippen LogP contribution in [-0.2, 0) is 16.0 Å². The molecule has 17 heavy (non-hydrogen) atoms. The van der Waals surface area contributed by atoms with Gasteiger partial charge in [0.05, 0.1) is 6.42 Å². The Morgan fingerprint density at radius 3 is 2.88 bits per heavy atom. The predicted molar refractivity (Wildman–Crippen MR) is 66.5 cm³/mol. The third-order valence-corrected chi connectivity index (χ3v) is 3.87. The Kier molecular flexibility index (Phi) is 3.11. The van der Waals surface area contributed by atoms with Crippen molar-refractivity contribution in [1.82, 2.24) is 0 Å². The van der Waals surface area contributed by atoms with Crippen molar-refractivity contribution in [2.45, 2.75) is 23.5 Å². The molecular formula is C12H13NO3S. The van der Waals surface area contributed by atoms with Gasteiger partial charge >= 0.3 is 5.97 Å². The molecule has 0 aliphatic carbocycles. The van der Waals surface area contributed by atoms with E-state index in [0.29, 0.717) is 6.42 Å². The van der Waals surface area contributed by atoms with Crippen LogP contribution in [0.2, 0.25) is 0 Å². The Hall–Kier alpha value is -1.49. The predicted octanol–water partition coefficient (Wildman–Crippen LogP) is 1.77. The highest BCUT2D eigenvalue weighted by Gasteiger charge is 2.24. The lowest BCUT2D eigenvalue weighted by molar-refractivity contribution is -0.136. The van der Waals surface area contributed by atoms with Crippen LogP contribution >= 0.6 is 11.8 Å². The van der Waals surface area contributed by atoms with Crippen LogP contribution in [0.3, 0.4) is 0 Å². The SMILES string of the molecule is CC(Sc1ccc2c(c1)CC(=O)N2C)C(=O)O. The molecule has 1 aromatic carbocycles. The van der Waals surface area contributed by atoms with Crippen molar-refractivity contribution in [2.24, 2.45) is 0 Å². The van der Waals surface area contributed by atoms with Gasteiger partial charge in [0.2, 0.25) is 5.91 Å². The topological polar surface area (TPSA) is 57.6 Å². The maximum absolute atomic E-state index is 11.5. The lowest BCUT2D eigenvalue weighted by Gasteiger charge is -2.11. The fourth-order valence-electron chi connectivity index (χ4n) is 1.77. The molecule has 1 aliphatic heterocycles. The number of hydrogen-bond donors (Lipinski definition) is 1. The van der Waals surface area contributed by atoms with E-state index in [0.717, 1.165) is 16.1 Å². The number of anilines is 1. The molecule has 0 saturated heterocycles. The van der Waals surface area contributed by atoms with Gasteiger partial charge in [0.15, 0.2) is 0 Å².